The van der Waals surface area contributed by atoms with Crippen molar-refractivity contribution in [1.82, 2.24) is 10.3 Å². The van der Waals surface area contributed by atoms with Crippen LogP contribution in [0.1, 0.15) is 23.2 Å². The Hall–Kier alpha value is -1.63. The zero-order valence-electron chi connectivity index (χ0n) is 9.67. The molecule has 1 aromatic heterocycles. The zero-order valence-corrected chi connectivity index (χ0v) is 10.5. The van der Waals surface area contributed by atoms with Crippen LogP contribution in [0.25, 0.3) is 0 Å². The van der Waals surface area contributed by atoms with E-state index >= 15 is 0 Å². The highest BCUT2D eigenvalue weighted by Gasteiger charge is 2.26. The lowest BCUT2D eigenvalue weighted by Crippen LogP contribution is -2.43. The van der Waals surface area contributed by atoms with E-state index in [1.165, 1.54) is 18.5 Å². The van der Waals surface area contributed by atoms with E-state index in [9.17, 15) is 18.3 Å². The molecular weight excluding hydrogens is 256 g/mol. The van der Waals surface area contributed by atoms with Crippen LogP contribution in [-0.2, 0) is 9.84 Å². The summed E-state index contributed by atoms with van der Waals surface area (Å²) >= 11 is 0. The molecule has 6 nitrogen and oxygen atoms in total. The maximum atomic E-state index is 11.9. The van der Waals surface area contributed by atoms with Gasteiger partial charge in [0.25, 0.3) is 5.91 Å². The molecule has 2 rings (SSSR count). The third kappa shape index (κ3) is 2.98. The molecule has 1 atom stereocenters. The van der Waals surface area contributed by atoms with Gasteiger partial charge in [0.15, 0.2) is 9.84 Å². The second-order valence-corrected chi connectivity index (χ2v) is 6.55. The molecule has 1 saturated heterocycles. The van der Waals surface area contributed by atoms with E-state index in [-0.39, 0.29) is 28.9 Å². The van der Waals surface area contributed by atoms with E-state index in [1.807, 2.05) is 0 Å². The van der Waals surface area contributed by atoms with Crippen molar-refractivity contribution in [3.63, 3.8) is 0 Å². The van der Waals surface area contributed by atoms with E-state index < -0.39 is 15.7 Å². The molecule has 1 amide bonds. The van der Waals surface area contributed by atoms with E-state index in [0.717, 1.165) is 0 Å². The number of hydrogen-bond acceptors (Lipinski definition) is 5. The molecule has 0 aliphatic carbocycles. The minimum absolute atomic E-state index is 0.0371. The van der Waals surface area contributed by atoms with Gasteiger partial charge in [-0.05, 0) is 18.9 Å². The number of nitrogens with zero attached hydrogens (tertiary/aromatic N) is 1. The largest absolute Gasteiger partial charge is 0.505 e. The van der Waals surface area contributed by atoms with E-state index in [4.69, 9.17) is 0 Å². The lowest BCUT2D eigenvalue weighted by atomic mass is 10.1. The van der Waals surface area contributed by atoms with Crippen molar-refractivity contribution in [2.45, 2.75) is 18.9 Å². The van der Waals surface area contributed by atoms with Gasteiger partial charge < -0.3 is 10.4 Å². The summed E-state index contributed by atoms with van der Waals surface area (Å²) in [6.45, 7) is 0. The monoisotopic (exact) mass is 270 g/mol. The van der Waals surface area contributed by atoms with Gasteiger partial charge in [-0.2, -0.15) is 0 Å². The first-order chi connectivity index (χ1) is 8.48. The number of sulfone groups is 1. The summed E-state index contributed by atoms with van der Waals surface area (Å²) in [5.41, 5.74) is 0.105. The van der Waals surface area contributed by atoms with Crippen LogP contribution in [0.5, 0.6) is 5.75 Å². The molecule has 0 aromatic carbocycles. The Morgan fingerprint density at radius 2 is 2.28 bits per heavy atom. The Kier molecular flexibility index (Phi) is 3.51. The van der Waals surface area contributed by atoms with Crippen LogP contribution in [0.15, 0.2) is 18.5 Å². The quantitative estimate of drug-likeness (QED) is 0.794. The molecular formula is C11H14N2O4S. The maximum Gasteiger partial charge on any atom is 0.255 e. The fraction of sp³-hybridized carbons (Fsp3) is 0.455. The summed E-state index contributed by atoms with van der Waals surface area (Å²) in [6.07, 6.45) is 3.76. The number of pyridine rings is 1. The summed E-state index contributed by atoms with van der Waals surface area (Å²) in [7, 11) is -3.06. The lowest BCUT2D eigenvalue weighted by molar-refractivity contribution is 0.0935. The molecule has 1 fully saturated rings. The number of hydrogen-bond donors (Lipinski definition) is 2. The Morgan fingerprint density at radius 1 is 1.50 bits per heavy atom. The van der Waals surface area contributed by atoms with E-state index in [0.29, 0.717) is 12.8 Å². The number of aromatic nitrogens is 1. The number of amides is 1. The number of carbonyl (C=O) groups excluding carboxylic acids is 1. The third-order valence-corrected chi connectivity index (χ3v) is 4.66. The zero-order chi connectivity index (χ0) is 13.2. The number of rotatable bonds is 2. The molecule has 2 heterocycles. The SMILES string of the molecule is O=C(NC1CCCS(=O)(=O)C1)c1ccncc1O. The summed E-state index contributed by atoms with van der Waals surface area (Å²) < 4.78 is 22.9. The maximum absolute atomic E-state index is 11.9. The Labute approximate surface area is 105 Å². The van der Waals surface area contributed by atoms with Gasteiger partial charge >= 0.3 is 0 Å². The predicted molar refractivity (Wildman–Crippen MR) is 65.0 cm³/mol. The molecule has 2 N–H and O–H groups in total. The van der Waals surface area contributed by atoms with Crippen LogP contribution in [-0.4, -0.2) is 42.0 Å². The van der Waals surface area contributed by atoms with E-state index in [2.05, 4.69) is 10.3 Å². The highest BCUT2D eigenvalue weighted by Crippen LogP contribution is 2.16. The van der Waals surface area contributed by atoms with Gasteiger partial charge in [0.2, 0.25) is 0 Å². The second-order valence-electron chi connectivity index (χ2n) is 4.32. The normalized spacial score (nSPS) is 22.3. The van der Waals surface area contributed by atoms with Crippen molar-refractivity contribution in [3.8, 4) is 5.75 Å². The summed E-state index contributed by atoms with van der Waals surface area (Å²) in [5.74, 6) is -0.546. The Morgan fingerprint density at radius 3 is 2.94 bits per heavy atom. The molecule has 1 aliphatic rings. The number of nitrogens with one attached hydrogen (secondary N) is 1. The van der Waals surface area contributed by atoms with Crippen LogP contribution in [0.4, 0.5) is 0 Å². The van der Waals surface area contributed by atoms with Gasteiger partial charge in [0, 0.05) is 12.2 Å². The van der Waals surface area contributed by atoms with Gasteiger partial charge in [-0.15, -0.1) is 0 Å². The van der Waals surface area contributed by atoms with Gasteiger partial charge in [-0.25, -0.2) is 8.42 Å². The molecule has 0 radical (unpaired) electrons. The summed E-state index contributed by atoms with van der Waals surface area (Å²) in [6, 6.07) is 1.01. The second kappa shape index (κ2) is 4.93. The highest BCUT2D eigenvalue weighted by atomic mass is 32.2. The van der Waals surface area contributed by atoms with Crippen molar-refractivity contribution in [3.05, 3.63) is 24.0 Å². The summed E-state index contributed by atoms with van der Waals surface area (Å²) in [5, 5.41) is 12.1. The fourth-order valence-corrected chi connectivity index (χ4v) is 3.61. The van der Waals surface area contributed by atoms with Crippen molar-refractivity contribution in [2.24, 2.45) is 0 Å². The molecule has 0 bridgehead atoms. The first-order valence-corrected chi connectivity index (χ1v) is 7.44. The average Bonchev–Trinajstić information content (AvgIpc) is 2.28. The molecule has 1 aromatic rings. The van der Waals surface area contributed by atoms with Gasteiger partial charge in [0.05, 0.1) is 23.3 Å². The van der Waals surface area contributed by atoms with Crippen LogP contribution in [0, 0.1) is 0 Å². The van der Waals surface area contributed by atoms with Crippen molar-refractivity contribution < 1.29 is 18.3 Å². The molecule has 1 unspecified atom stereocenters. The average molecular weight is 270 g/mol. The lowest BCUT2D eigenvalue weighted by Gasteiger charge is -2.23. The van der Waals surface area contributed by atoms with Gasteiger partial charge in [-0.1, -0.05) is 0 Å². The number of aromatic hydroxyl groups is 1. The molecule has 0 saturated carbocycles. The smallest absolute Gasteiger partial charge is 0.255 e. The predicted octanol–water partition coefficient (Wildman–Crippen LogP) is 0.0942. The van der Waals surface area contributed by atoms with Crippen LogP contribution in [0.3, 0.4) is 0 Å². The van der Waals surface area contributed by atoms with Crippen molar-refractivity contribution in [2.75, 3.05) is 11.5 Å². The van der Waals surface area contributed by atoms with Crippen LogP contribution in [0.2, 0.25) is 0 Å². The number of carbonyl (C=O) groups is 1. The summed E-state index contributed by atoms with van der Waals surface area (Å²) in [4.78, 5) is 15.5. The Bertz CT molecular complexity index is 556. The molecule has 18 heavy (non-hydrogen) atoms. The van der Waals surface area contributed by atoms with Gasteiger partial charge in [0.1, 0.15) is 5.75 Å². The highest BCUT2D eigenvalue weighted by molar-refractivity contribution is 7.91. The van der Waals surface area contributed by atoms with Gasteiger partial charge in [-0.3, -0.25) is 9.78 Å². The van der Waals surface area contributed by atoms with Crippen LogP contribution >= 0.6 is 0 Å². The molecule has 98 valence electrons. The minimum Gasteiger partial charge on any atom is -0.505 e. The molecule has 7 heteroatoms. The van der Waals surface area contributed by atoms with Crippen molar-refractivity contribution >= 4 is 15.7 Å². The third-order valence-electron chi connectivity index (χ3n) is 2.84. The molecule has 0 spiro atoms. The van der Waals surface area contributed by atoms with Crippen molar-refractivity contribution in [1.29, 1.82) is 0 Å². The first-order valence-electron chi connectivity index (χ1n) is 5.62. The topological polar surface area (TPSA) is 96.4 Å². The standard InChI is InChI=1S/C11H14N2O4S/c14-10-6-12-4-3-9(10)11(15)13-8-2-1-5-18(16,17)7-8/h3-4,6,8,14H,1-2,5,7H2,(H,13,15). The molecule has 1 aliphatic heterocycles. The fourth-order valence-electron chi connectivity index (χ4n) is 1.98. The van der Waals surface area contributed by atoms with E-state index in [1.54, 1.807) is 0 Å². The van der Waals surface area contributed by atoms with Crippen LogP contribution < -0.4 is 5.32 Å². The Balaban J connectivity index is 2.06. The minimum atomic E-state index is -3.06. The first kappa shape index (κ1) is 12.8.